The van der Waals surface area contributed by atoms with E-state index < -0.39 is 65.5 Å². The van der Waals surface area contributed by atoms with E-state index in [1.807, 2.05) is 6.07 Å². The summed E-state index contributed by atoms with van der Waals surface area (Å²) in [4.78, 5) is 83.6. The highest BCUT2D eigenvalue weighted by molar-refractivity contribution is 6.00. The molecule has 0 saturated heterocycles. The van der Waals surface area contributed by atoms with Crippen LogP contribution in [0.3, 0.4) is 0 Å². The van der Waals surface area contributed by atoms with Crippen LogP contribution in [0.2, 0.25) is 0 Å². The van der Waals surface area contributed by atoms with Gasteiger partial charge in [-0.15, -0.1) is 0 Å². The number of amides is 4. The molecule has 0 aliphatic heterocycles. The number of aryl methyl sites for hydroxylation is 1. The second kappa shape index (κ2) is 20.2. The van der Waals surface area contributed by atoms with Crippen molar-refractivity contribution < 1.29 is 56.6 Å². The molecule has 0 radical (unpaired) electrons. The maximum atomic E-state index is 13.6. The predicted octanol–water partition coefficient (Wildman–Crippen LogP) is 2.38. The summed E-state index contributed by atoms with van der Waals surface area (Å²) in [5, 5.41) is 27.2. The molecule has 1 aromatic heterocycles. The third kappa shape index (κ3) is 14.6. The van der Waals surface area contributed by atoms with E-state index >= 15 is 0 Å². The van der Waals surface area contributed by atoms with Crippen molar-refractivity contribution in [1.29, 1.82) is 0 Å². The number of carboxylic acids is 2. The van der Waals surface area contributed by atoms with Gasteiger partial charge in [-0.25, -0.2) is 9.59 Å². The van der Waals surface area contributed by atoms with Crippen molar-refractivity contribution in [2.24, 2.45) is 5.73 Å². The molecule has 3 rings (SSSR count). The van der Waals surface area contributed by atoms with E-state index in [1.54, 1.807) is 43.3 Å². The first kappa shape index (κ1) is 42.4. The molecule has 52 heavy (non-hydrogen) atoms. The Balaban J connectivity index is 0.00000121. The Kier molecular flexibility index (Phi) is 16.4. The zero-order valence-corrected chi connectivity index (χ0v) is 28.2. The maximum absolute atomic E-state index is 13.6. The first-order valence-corrected chi connectivity index (χ1v) is 15.9. The van der Waals surface area contributed by atoms with Crippen LogP contribution >= 0.6 is 0 Å². The van der Waals surface area contributed by atoms with Gasteiger partial charge in [-0.05, 0) is 62.9 Å². The molecule has 0 saturated carbocycles. The lowest BCUT2D eigenvalue weighted by Crippen LogP contribution is -2.56. The lowest BCUT2D eigenvalue weighted by atomic mass is 10.0. The number of rotatable bonds is 16. The molecule has 15 nitrogen and oxygen atoms in total. The largest absolute Gasteiger partial charge is 0.490 e. The number of hydrogen-bond donors (Lipinski definition) is 7. The van der Waals surface area contributed by atoms with Crippen LogP contribution in [-0.2, 0) is 35.2 Å². The molecule has 1 heterocycles. The molecule has 0 unspecified atom stereocenters. The van der Waals surface area contributed by atoms with E-state index in [-0.39, 0.29) is 25.7 Å². The fourth-order valence-electron chi connectivity index (χ4n) is 4.62. The highest BCUT2D eigenvalue weighted by atomic mass is 19.4. The molecule has 282 valence electrons. The van der Waals surface area contributed by atoms with Crippen LogP contribution in [0.4, 0.5) is 18.9 Å². The van der Waals surface area contributed by atoms with Crippen molar-refractivity contribution in [2.45, 2.75) is 76.7 Å². The lowest BCUT2D eigenvalue weighted by molar-refractivity contribution is -0.192. The fourth-order valence-corrected chi connectivity index (χ4v) is 4.62. The minimum absolute atomic E-state index is 0.0955. The number of hydrogen-bond acceptors (Lipinski definition) is 9. The number of benzene rings is 2. The number of halogens is 3. The molecule has 0 aliphatic rings. The van der Waals surface area contributed by atoms with Crippen LogP contribution in [0.15, 0.2) is 63.8 Å². The molecule has 4 amide bonds. The third-order valence-corrected chi connectivity index (χ3v) is 7.29. The van der Waals surface area contributed by atoms with Crippen LogP contribution in [-0.4, -0.2) is 76.6 Å². The highest BCUT2D eigenvalue weighted by Gasteiger charge is 2.38. The molecular weight excluding hydrogens is 695 g/mol. The topological polar surface area (TPSA) is 247 Å². The summed E-state index contributed by atoms with van der Waals surface area (Å²) in [6, 6.07) is 12.1. The van der Waals surface area contributed by atoms with E-state index in [0.717, 1.165) is 11.1 Å². The second-order valence-electron chi connectivity index (χ2n) is 11.5. The Hall–Kier alpha value is -5.78. The molecular formula is C34H40F3N5O10. The van der Waals surface area contributed by atoms with E-state index in [1.165, 1.54) is 19.1 Å². The van der Waals surface area contributed by atoms with Crippen LogP contribution in [0.5, 0.6) is 0 Å². The SMILES string of the molecule is Cc1cc(=O)oc2cc(NC(=O)[C@H](CCCCN)NC(=O)[C@H](Cc3ccccc3)NC(=O)[C@H](C)NC(=O)CCC(=O)O)ccc12.O=C(O)C(F)(F)F. The summed E-state index contributed by atoms with van der Waals surface area (Å²) in [6.07, 6.45) is -4.26. The number of aliphatic carboxylic acids is 2. The van der Waals surface area contributed by atoms with Crippen molar-refractivity contribution in [3.8, 4) is 0 Å². The Labute approximate surface area is 295 Å². The third-order valence-electron chi connectivity index (χ3n) is 7.29. The number of unbranched alkanes of at least 4 members (excludes halogenated alkanes) is 1. The number of alkyl halides is 3. The number of carbonyl (C=O) groups is 6. The van der Waals surface area contributed by atoms with Gasteiger partial charge < -0.3 is 41.6 Å². The number of nitrogens with one attached hydrogen (secondary N) is 4. The fraction of sp³-hybridized carbons (Fsp3) is 0.382. The molecule has 0 aliphatic carbocycles. The van der Waals surface area contributed by atoms with Gasteiger partial charge in [0.25, 0.3) is 0 Å². The van der Waals surface area contributed by atoms with Crippen LogP contribution in [0.1, 0.15) is 50.2 Å². The van der Waals surface area contributed by atoms with E-state index in [4.69, 9.17) is 25.2 Å². The average Bonchev–Trinajstić information content (AvgIpc) is 3.06. The molecule has 0 spiro atoms. The van der Waals surface area contributed by atoms with Gasteiger partial charge in [0.05, 0.1) is 6.42 Å². The quantitative estimate of drug-likeness (QED) is 0.0831. The van der Waals surface area contributed by atoms with Gasteiger partial charge in [0.15, 0.2) is 0 Å². The Morgan fingerprint density at radius 2 is 1.48 bits per heavy atom. The smallest absolute Gasteiger partial charge is 0.481 e. The molecule has 0 fully saturated rings. The van der Waals surface area contributed by atoms with Crippen molar-refractivity contribution >= 4 is 52.2 Å². The normalized spacial score (nSPS) is 12.7. The minimum atomic E-state index is -5.08. The molecule has 2 aromatic carbocycles. The van der Waals surface area contributed by atoms with Gasteiger partial charge in [-0.2, -0.15) is 13.2 Å². The van der Waals surface area contributed by atoms with E-state index in [0.29, 0.717) is 36.0 Å². The number of anilines is 1. The Morgan fingerprint density at radius 1 is 0.846 bits per heavy atom. The van der Waals surface area contributed by atoms with Gasteiger partial charge in [0.2, 0.25) is 23.6 Å². The molecule has 18 heteroatoms. The molecule has 0 bridgehead atoms. The van der Waals surface area contributed by atoms with Gasteiger partial charge in [-0.1, -0.05) is 30.3 Å². The molecule has 8 N–H and O–H groups in total. The average molecular weight is 736 g/mol. The van der Waals surface area contributed by atoms with Gasteiger partial charge >= 0.3 is 23.7 Å². The first-order chi connectivity index (χ1) is 24.4. The van der Waals surface area contributed by atoms with Crippen LogP contribution in [0, 0.1) is 6.92 Å². The summed E-state index contributed by atoms with van der Waals surface area (Å²) >= 11 is 0. The minimum Gasteiger partial charge on any atom is -0.481 e. The van der Waals surface area contributed by atoms with Gasteiger partial charge in [0.1, 0.15) is 23.7 Å². The zero-order valence-electron chi connectivity index (χ0n) is 28.2. The molecule has 3 aromatic rings. The summed E-state index contributed by atoms with van der Waals surface area (Å²) in [6.45, 7) is 3.59. The van der Waals surface area contributed by atoms with Crippen molar-refractivity contribution in [3.05, 3.63) is 76.1 Å². The standard InChI is InChI=1S/C32H39N5O8.C2HF3O2/c1-19-16-29(41)45-26-18-22(11-12-23(19)26)35-31(43)24(10-6-7-15-33)36-32(44)25(17-21-8-4-3-5-9-21)37-30(42)20(2)34-27(38)13-14-28(39)40;3-2(4,5)1(6)7/h3-5,8-9,11-12,16,18,20,24-25H,6-7,10,13-15,17,33H2,1-2H3,(H,34,38)(H,35,43)(H,36,44)(H,37,42)(H,39,40);(H,6,7)/t20-,24-,25-;/m0./s1. The molecule has 3 atom stereocenters. The lowest BCUT2D eigenvalue weighted by Gasteiger charge is -2.25. The van der Waals surface area contributed by atoms with Crippen molar-refractivity contribution in [1.82, 2.24) is 16.0 Å². The van der Waals surface area contributed by atoms with Gasteiger partial charge in [-0.3, -0.25) is 24.0 Å². The number of fused-ring (bicyclic) bond motifs is 1. The first-order valence-electron chi connectivity index (χ1n) is 15.9. The maximum Gasteiger partial charge on any atom is 0.490 e. The number of nitrogens with two attached hydrogens (primary N) is 1. The van der Waals surface area contributed by atoms with Crippen LogP contribution < -0.4 is 32.6 Å². The second-order valence-corrected chi connectivity index (χ2v) is 11.5. The summed E-state index contributed by atoms with van der Waals surface area (Å²) in [5.41, 5.74) is 7.27. The summed E-state index contributed by atoms with van der Waals surface area (Å²) in [7, 11) is 0. The zero-order chi connectivity index (χ0) is 39.0. The van der Waals surface area contributed by atoms with Crippen molar-refractivity contribution in [3.63, 3.8) is 0 Å². The van der Waals surface area contributed by atoms with E-state index in [9.17, 15) is 41.9 Å². The monoisotopic (exact) mass is 735 g/mol. The van der Waals surface area contributed by atoms with Gasteiger partial charge in [0, 0.05) is 36.0 Å². The van der Waals surface area contributed by atoms with E-state index in [2.05, 4.69) is 21.3 Å². The number of carboxylic acid groups (broad SMARTS) is 2. The van der Waals surface area contributed by atoms with Crippen molar-refractivity contribution in [2.75, 3.05) is 11.9 Å². The number of carbonyl (C=O) groups excluding carboxylic acids is 4. The Bertz CT molecular complexity index is 1780. The Morgan fingerprint density at radius 3 is 2.08 bits per heavy atom. The predicted molar refractivity (Wildman–Crippen MR) is 181 cm³/mol. The van der Waals surface area contributed by atoms with Crippen LogP contribution in [0.25, 0.3) is 11.0 Å². The highest BCUT2D eigenvalue weighted by Crippen LogP contribution is 2.21. The summed E-state index contributed by atoms with van der Waals surface area (Å²) in [5.74, 6) is -6.32. The summed E-state index contributed by atoms with van der Waals surface area (Å²) < 4.78 is 37.0.